The monoisotopic (exact) mass is 373 g/mol. The van der Waals surface area contributed by atoms with Crippen LogP contribution in [0.4, 0.5) is 20.6 Å². The van der Waals surface area contributed by atoms with Crippen LogP contribution in [0.1, 0.15) is 6.42 Å². The Labute approximate surface area is 156 Å². The Morgan fingerprint density at radius 1 is 1.11 bits per heavy atom. The molecule has 27 heavy (non-hydrogen) atoms. The summed E-state index contributed by atoms with van der Waals surface area (Å²) in [5.41, 5.74) is 1.14. The molecule has 8 heteroatoms. The van der Waals surface area contributed by atoms with E-state index < -0.39 is 6.03 Å². The maximum absolute atomic E-state index is 12.9. The molecule has 0 aromatic heterocycles. The molecule has 0 aliphatic carbocycles. The van der Waals surface area contributed by atoms with Crippen molar-refractivity contribution in [2.24, 2.45) is 0 Å². The zero-order valence-corrected chi connectivity index (χ0v) is 15.0. The van der Waals surface area contributed by atoms with Gasteiger partial charge in [-0.15, -0.1) is 0 Å². The first-order valence-corrected chi connectivity index (χ1v) is 8.35. The van der Waals surface area contributed by atoms with E-state index in [0.717, 1.165) is 0 Å². The van der Waals surface area contributed by atoms with Gasteiger partial charge in [0.2, 0.25) is 5.91 Å². The molecule has 3 rings (SSSR count). The van der Waals surface area contributed by atoms with Gasteiger partial charge in [0, 0.05) is 30.4 Å². The van der Waals surface area contributed by atoms with Crippen molar-refractivity contribution in [2.45, 2.75) is 12.5 Å². The molecular formula is C19H20FN3O4. The molecular weight excluding hydrogens is 353 g/mol. The molecule has 1 aliphatic rings. The summed E-state index contributed by atoms with van der Waals surface area (Å²) in [6, 6.07) is 9.86. The van der Waals surface area contributed by atoms with E-state index in [0.29, 0.717) is 29.4 Å². The fourth-order valence-corrected chi connectivity index (χ4v) is 2.93. The normalized spacial score (nSPS) is 16.2. The van der Waals surface area contributed by atoms with Gasteiger partial charge in [-0.05, 0) is 36.4 Å². The lowest BCUT2D eigenvalue weighted by Gasteiger charge is -2.19. The standard InChI is InChI=1S/C19H20FN3O4/c1-26-16-8-7-15(10-17(16)27-2)23-11-14(9-18(23)24)22-19(25)21-13-5-3-12(20)4-6-13/h3-8,10,14H,9,11H2,1-2H3,(H2,21,22,25). The van der Waals surface area contributed by atoms with Crippen LogP contribution in [0.5, 0.6) is 11.5 Å². The summed E-state index contributed by atoms with van der Waals surface area (Å²) < 4.78 is 23.4. The highest BCUT2D eigenvalue weighted by Crippen LogP contribution is 2.33. The molecule has 2 aromatic carbocycles. The van der Waals surface area contributed by atoms with Gasteiger partial charge in [-0.25, -0.2) is 9.18 Å². The SMILES string of the molecule is COc1ccc(N2CC(NC(=O)Nc3ccc(F)cc3)CC2=O)cc1OC. The Hall–Kier alpha value is -3.29. The molecule has 0 saturated carbocycles. The van der Waals surface area contributed by atoms with Crippen molar-refractivity contribution in [1.29, 1.82) is 0 Å². The molecule has 0 radical (unpaired) electrons. The van der Waals surface area contributed by atoms with Crippen molar-refractivity contribution < 1.29 is 23.5 Å². The molecule has 1 fully saturated rings. The molecule has 142 valence electrons. The topological polar surface area (TPSA) is 79.9 Å². The second kappa shape index (κ2) is 7.94. The first-order valence-electron chi connectivity index (χ1n) is 8.35. The summed E-state index contributed by atoms with van der Waals surface area (Å²) >= 11 is 0. The Morgan fingerprint density at radius 2 is 1.81 bits per heavy atom. The van der Waals surface area contributed by atoms with Gasteiger partial charge in [-0.3, -0.25) is 4.79 Å². The van der Waals surface area contributed by atoms with E-state index in [1.165, 1.54) is 38.5 Å². The Morgan fingerprint density at radius 3 is 2.48 bits per heavy atom. The van der Waals surface area contributed by atoms with E-state index >= 15 is 0 Å². The number of hydrogen-bond donors (Lipinski definition) is 2. The highest BCUT2D eigenvalue weighted by atomic mass is 19.1. The van der Waals surface area contributed by atoms with Gasteiger partial charge in [0.05, 0.1) is 20.3 Å². The number of amides is 3. The number of carbonyl (C=O) groups excluding carboxylic acids is 2. The third-order valence-electron chi connectivity index (χ3n) is 4.24. The summed E-state index contributed by atoms with van der Waals surface area (Å²) in [5, 5.41) is 5.38. The highest BCUT2D eigenvalue weighted by Gasteiger charge is 2.32. The van der Waals surface area contributed by atoms with Crippen LogP contribution in [-0.2, 0) is 4.79 Å². The number of nitrogens with one attached hydrogen (secondary N) is 2. The van der Waals surface area contributed by atoms with Crippen LogP contribution in [-0.4, -0.2) is 38.7 Å². The second-order valence-corrected chi connectivity index (χ2v) is 6.05. The zero-order chi connectivity index (χ0) is 19.4. The van der Waals surface area contributed by atoms with E-state index in [1.807, 2.05) is 0 Å². The van der Waals surface area contributed by atoms with Gasteiger partial charge in [0.1, 0.15) is 5.82 Å². The number of methoxy groups -OCH3 is 2. The molecule has 3 amide bonds. The van der Waals surface area contributed by atoms with Crippen molar-refractivity contribution in [3.05, 3.63) is 48.3 Å². The predicted molar refractivity (Wildman–Crippen MR) is 98.9 cm³/mol. The van der Waals surface area contributed by atoms with E-state index in [9.17, 15) is 14.0 Å². The van der Waals surface area contributed by atoms with Gasteiger partial charge in [0.15, 0.2) is 11.5 Å². The number of ether oxygens (including phenoxy) is 2. The van der Waals surface area contributed by atoms with E-state index in [4.69, 9.17) is 9.47 Å². The minimum atomic E-state index is -0.450. The number of carbonyl (C=O) groups is 2. The van der Waals surface area contributed by atoms with Crippen LogP contribution in [0, 0.1) is 5.82 Å². The van der Waals surface area contributed by atoms with E-state index in [-0.39, 0.29) is 24.2 Å². The highest BCUT2D eigenvalue weighted by molar-refractivity contribution is 5.98. The van der Waals surface area contributed by atoms with Gasteiger partial charge in [-0.2, -0.15) is 0 Å². The number of nitrogens with zero attached hydrogens (tertiary/aromatic N) is 1. The second-order valence-electron chi connectivity index (χ2n) is 6.05. The lowest BCUT2D eigenvalue weighted by atomic mass is 10.2. The van der Waals surface area contributed by atoms with Crippen molar-refractivity contribution in [1.82, 2.24) is 5.32 Å². The minimum Gasteiger partial charge on any atom is -0.493 e. The van der Waals surface area contributed by atoms with Crippen molar-refractivity contribution in [3.8, 4) is 11.5 Å². The molecule has 1 unspecified atom stereocenters. The smallest absolute Gasteiger partial charge is 0.319 e. The van der Waals surface area contributed by atoms with E-state index in [2.05, 4.69) is 10.6 Å². The number of anilines is 2. The maximum Gasteiger partial charge on any atom is 0.319 e. The lowest BCUT2D eigenvalue weighted by Crippen LogP contribution is -2.39. The fraction of sp³-hybridized carbons (Fsp3) is 0.263. The van der Waals surface area contributed by atoms with Crippen LogP contribution < -0.4 is 25.0 Å². The molecule has 2 N–H and O–H groups in total. The summed E-state index contributed by atoms with van der Waals surface area (Å²) in [4.78, 5) is 26.0. The number of halogens is 1. The Balaban J connectivity index is 1.63. The van der Waals surface area contributed by atoms with Crippen LogP contribution in [0.2, 0.25) is 0 Å². The van der Waals surface area contributed by atoms with Crippen LogP contribution in [0.25, 0.3) is 0 Å². The van der Waals surface area contributed by atoms with E-state index in [1.54, 1.807) is 23.1 Å². The molecule has 2 aromatic rings. The summed E-state index contributed by atoms with van der Waals surface area (Å²) in [7, 11) is 3.07. The summed E-state index contributed by atoms with van der Waals surface area (Å²) in [6.07, 6.45) is 0.186. The number of hydrogen-bond acceptors (Lipinski definition) is 4. The molecule has 1 heterocycles. The van der Waals surface area contributed by atoms with Gasteiger partial charge < -0.3 is 25.0 Å². The van der Waals surface area contributed by atoms with Crippen LogP contribution >= 0.6 is 0 Å². The Kier molecular flexibility index (Phi) is 5.44. The van der Waals surface area contributed by atoms with Gasteiger partial charge >= 0.3 is 6.03 Å². The van der Waals surface area contributed by atoms with Crippen molar-refractivity contribution in [3.63, 3.8) is 0 Å². The number of rotatable bonds is 5. The minimum absolute atomic E-state index is 0.102. The summed E-state index contributed by atoms with van der Waals surface area (Å²) in [6.45, 7) is 0.338. The van der Waals surface area contributed by atoms with Crippen molar-refractivity contribution >= 4 is 23.3 Å². The average Bonchev–Trinajstić information content (AvgIpc) is 3.02. The fourth-order valence-electron chi connectivity index (χ4n) is 2.93. The number of benzene rings is 2. The average molecular weight is 373 g/mol. The molecule has 0 bridgehead atoms. The van der Waals surface area contributed by atoms with Crippen LogP contribution in [0.15, 0.2) is 42.5 Å². The van der Waals surface area contributed by atoms with Gasteiger partial charge in [0.25, 0.3) is 0 Å². The van der Waals surface area contributed by atoms with Crippen LogP contribution in [0.3, 0.4) is 0 Å². The first kappa shape index (κ1) is 18.5. The van der Waals surface area contributed by atoms with Crippen molar-refractivity contribution in [2.75, 3.05) is 31.0 Å². The first-order chi connectivity index (χ1) is 13.0. The summed E-state index contributed by atoms with van der Waals surface area (Å²) in [5.74, 6) is 0.608. The third kappa shape index (κ3) is 4.28. The number of urea groups is 1. The lowest BCUT2D eigenvalue weighted by molar-refractivity contribution is -0.117. The zero-order valence-electron chi connectivity index (χ0n) is 15.0. The molecule has 0 spiro atoms. The Bertz CT molecular complexity index is 841. The molecule has 1 aliphatic heterocycles. The van der Waals surface area contributed by atoms with Gasteiger partial charge in [-0.1, -0.05) is 0 Å². The molecule has 7 nitrogen and oxygen atoms in total. The molecule has 1 atom stereocenters. The maximum atomic E-state index is 12.9. The largest absolute Gasteiger partial charge is 0.493 e. The quantitative estimate of drug-likeness (QED) is 0.845. The third-order valence-corrected chi connectivity index (χ3v) is 4.24. The predicted octanol–water partition coefficient (Wildman–Crippen LogP) is 2.77. The molecule has 1 saturated heterocycles.